The van der Waals surface area contributed by atoms with Gasteiger partial charge in [-0.25, -0.2) is 0 Å². The Morgan fingerprint density at radius 3 is 2.47 bits per heavy atom. The first kappa shape index (κ1) is 22.9. The molecule has 1 N–H and O–H groups in total. The number of nitrogens with zero attached hydrogens (tertiary/aromatic N) is 3. The molecule has 2 heterocycles. The fourth-order valence-corrected chi connectivity index (χ4v) is 5.29. The normalized spacial score (nSPS) is 19.1. The van der Waals surface area contributed by atoms with E-state index < -0.39 is 0 Å². The Morgan fingerprint density at radius 2 is 1.74 bits per heavy atom. The number of piperazine rings is 1. The van der Waals surface area contributed by atoms with Gasteiger partial charge in [0.15, 0.2) is 0 Å². The van der Waals surface area contributed by atoms with E-state index in [2.05, 4.69) is 82.2 Å². The predicted molar refractivity (Wildman–Crippen MR) is 139 cm³/mol. The molecule has 5 heteroatoms. The van der Waals surface area contributed by atoms with Gasteiger partial charge in [-0.15, -0.1) is 0 Å². The van der Waals surface area contributed by atoms with Crippen LogP contribution in [0.3, 0.4) is 0 Å². The highest BCUT2D eigenvalue weighted by molar-refractivity contribution is 5.94. The number of fused-ring (bicyclic) bond motifs is 1. The van der Waals surface area contributed by atoms with Crippen LogP contribution < -0.4 is 5.32 Å². The summed E-state index contributed by atoms with van der Waals surface area (Å²) in [4.78, 5) is 17.5. The standard InChI is InChI=1S/C29H36N4O/c1-22-8-13-27-25(20-22)21-28(23-6-4-3-5-7-23)33(27)26-11-9-24(10-12-26)29(34)30-14-15-32-18-16-31(2)17-19-32/h3-7,9-12,21-22H,8,13-20H2,1-2H3,(H,30,34). The van der Waals surface area contributed by atoms with E-state index in [0.717, 1.165) is 62.7 Å². The maximum absolute atomic E-state index is 12.7. The van der Waals surface area contributed by atoms with Gasteiger partial charge in [0.2, 0.25) is 0 Å². The first-order valence-electron chi connectivity index (χ1n) is 12.7. The van der Waals surface area contributed by atoms with Gasteiger partial charge in [-0.3, -0.25) is 9.69 Å². The van der Waals surface area contributed by atoms with E-state index in [1.165, 1.54) is 28.9 Å². The SMILES string of the molecule is CC1CCc2c(cc(-c3ccccc3)n2-c2ccc(C(=O)NCCN3CCN(C)CC3)cc2)C1. The zero-order chi connectivity index (χ0) is 23.5. The highest BCUT2D eigenvalue weighted by Crippen LogP contribution is 2.35. The van der Waals surface area contributed by atoms with E-state index in [1.807, 2.05) is 12.1 Å². The van der Waals surface area contributed by atoms with E-state index in [4.69, 9.17) is 0 Å². The van der Waals surface area contributed by atoms with Gasteiger partial charge in [0.1, 0.15) is 0 Å². The van der Waals surface area contributed by atoms with Crippen LogP contribution in [0.5, 0.6) is 0 Å². The third kappa shape index (κ3) is 4.96. The van der Waals surface area contributed by atoms with E-state index in [-0.39, 0.29) is 5.91 Å². The van der Waals surface area contributed by atoms with E-state index in [9.17, 15) is 4.79 Å². The predicted octanol–water partition coefficient (Wildman–Crippen LogP) is 4.25. The fraction of sp³-hybridized carbons (Fsp3) is 0.414. The Hall–Kier alpha value is -2.89. The van der Waals surface area contributed by atoms with Crippen LogP contribution in [0.2, 0.25) is 0 Å². The van der Waals surface area contributed by atoms with Crippen LogP contribution in [0.25, 0.3) is 16.9 Å². The number of aromatic nitrogens is 1. The summed E-state index contributed by atoms with van der Waals surface area (Å²) in [6, 6.07) is 21.1. The van der Waals surface area contributed by atoms with Gasteiger partial charge < -0.3 is 14.8 Å². The molecule has 1 unspecified atom stereocenters. The van der Waals surface area contributed by atoms with Crippen LogP contribution in [0.15, 0.2) is 60.7 Å². The minimum Gasteiger partial charge on any atom is -0.351 e. The highest BCUT2D eigenvalue weighted by atomic mass is 16.1. The van der Waals surface area contributed by atoms with Crippen molar-refractivity contribution in [3.05, 3.63) is 77.5 Å². The zero-order valence-electron chi connectivity index (χ0n) is 20.5. The molecule has 2 aliphatic rings. The molecule has 34 heavy (non-hydrogen) atoms. The molecule has 0 bridgehead atoms. The summed E-state index contributed by atoms with van der Waals surface area (Å²) in [5.41, 5.74) is 7.20. The van der Waals surface area contributed by atoms with E-state index in [0.29, 0.717) is 6.54 Å². The van der Waals surface area contributed by atoms with Crippen LogP contribution in [-0.2, 0) is 12.8 Å². The van der Waals surface area contributed by atoms with Crippen LogP contribution in [0, 0.1) is 5.92 Å². The quantitative estimate of drug-likeness (QED) is 0.603. The number of likely N-dealkylation sites (N-methyl/N-ethyl adjacent to an activating group) is 1. The zero-order valence-corrected chi connectivity index (χ0v) is 20.5. The molecule has 0 saturated carbocycles. The average molecular weight is 457 g/mol. The minimum atomic E-state index is 0.00678. The highest BCUT2D eigenvalue weighted by Gasteiger charge is 2.23. The number of nitrogens with one attached hydrogen (secondary N) is 1. The van der Waals surface area contributed by atoms with Gasteiger partial charge in [0, 0.05) is 56.2 Å². The molecule has 0 radical (unpaired) electrons. The number of hydrogen-bond acceptors (Lipinski definition) is 3. The van der Waals surface area contributed by atoms with Crippen LogP contribution in [0.1, 0.15) is 35.0 Å². The Bertz CT molecular complexity index is 1110. The van der Waals surface area contributed by atoms with Crippen molar-refractivity contribution < 1.29 is 4.79 Å². The van der Waals surface area contributed by atoms with Crippen molar-refractivity contribution in [1.82, 2.24) is 19.7 Å². The largest absolute Gasteiger partial charge is 0.351 e. The molecule has 5 rings (SSSR count). The van der Waals surface area contributed by atoms with Gasteiger partial charge >= 0.3 is 0 Å². The van der Waals surface area contributed by atoms with Crippen molar-refractivity contribution in [3.8, 4) is 16.9 Å². The first-order valence-corrected chi connectivity index (χ1v) is 12.7. The summed E-state index contributed by atoms with van der Waals surface area (Å²) in [5, 5.41) is 3.10. The molecule has 2 aromatic carbocycles. The van der Waals surface area contributed by atoms with Crippen molar-refractivity contribution in [2.75, 3.05) is 46.3 Å². The van der Waals surface area contributed by atoms with Gasteiger partial charge in [0.25, 0.3) is 5.91 Å². The molecule has 1 aromatic heterocycles. The van der Waals surface area contributed by atoms with Gasteiger partial charge in [-0.05, 0) is 73.7 Å². The monoisotopic (exact) mass is 456 g/mol. The Balaban J connectivity index is 1.32. The Morgan fingerprint density at radius 1 is 1.00 bits per heavy atom. The Labute approximate surface area is 203 Å². The topological polar surface area (TPSA) is 40.5 Å². The van der Waals surface area contributed by atoms with Crippen LogP contribution in [0.4, 0.5) is 0 Å². The van der Waals surface area contributed by atoms with Crippen molar-refractivity contribution in [1.29, 1.82) is 0 Å². The van der Waals surface area contributed by atoms with Crippen LogP contribution >= 0.6 is 0 Å². The summed E-state index contributed by atoms with van der Waals surface area (Å²) >= 11 is 0. The van der Waals surface area contributed by atoms with Crippen LogP contribution in [-0.4, -0.2) is 66.6 Å². The molecule has 1 aliphatic heterocycles. The first-order chi connectivity index (χ1) is 16.6. The second kappa shape index (κ2) is 10.2. The number of carbonyl (C=O) groups is 1. The lowest BCUT2D eigenvalue weighted by molar-refractivity contribution is 0.0941. The lowest BCUT2D eigenvalue weighted by Gasteiger charge is -2.32. The summed E-state index contributed by atoms with van der Waals surface area (Å²) in [6.07, 6.45) is 3.45. The third-order valence-electron chi connectivity index (χ3n) is 7.40. The second-order valence-electron chi connectivity index (χ2n) is 10.00. The molecule has 0 spiro atoms. The van der Waals surface area contributed by atoms with Gasteiger partial charge in [-0.1, -0.05) is 37.3 Å². The number of hydrogen-bond donors (Lipinski definition) is 1. The Kier molecular flexibility index (Phi) is 6.84. The number of benzene rings is 2. The smallest absolute Gasteiger partial charge is 0.251 e. The van der Waals surface area contributed by atoms with E-state index >= 15 is 0 Å². The van der Waals surface area contributed by atoms with Crippen molar-refractivity contribution in [2.45, 2.75) is 26.2 Å². The fourth-order valence-electron chi connectivity index (χ4n) is 5.29. The van der Waals surface area contributed by atoms with Crippen molar-refractivity contribution in [3.63, 3.8) is 0 Å². The molecule has 1 fully saturated rings. The molecule has 1 saturated heterocycles. The van der Waals surface area contributed by atoms with E-state index in [1.54, 1.807) is 0 Å². The average Bonchev–Trinajstić information content (AvgIpc) is 3.24. The summed E-state index contributed by atoms with van der Waals surface area (Å²) in [5.74, 6) is 0.733. The number of rotatable bonds is 6. The number of amides is 1. The lowest BCUT2D eigenvalue weighted by Crippen LogP contribution is -2.46. The van der Waals surface area contributed by atoms with Crippen molar-refractivity contribution >= 4 is 5.91 Å². The molecule has 5 nitrogen and oxygen atoms in total. The molecular formula is C29H36N4O. The molecule has 1 atom stereocenters. The maximum Gasteiger partial charge on any atom is 0.251 e. The summed E-state index contributed by atoms with van der Waals surface area (Å²) in [6.45, 7) is 8.29. The second-order valence-corrected chi connectivity index (χ2v) is 10.00. The minimum absolute atomic E-state index is 0.00678. The molecular weight excluding hydrogens is 420 g/mol. The molecule has 178 valence electrons. The summed E-state index contributed by atoms with van der Waals surface area (Å²) < 4.78 is 2.41. The number of carbonyl (C=O) groups excluding carboxylic acids is 1. The third-order valence-corrected chi connectivity index (χ3v) is 7.40. The van der Waals surface area contributed by atoms with Gasteiger partial charge in [0.05, 0.1) is 5.69 Å². The van der Waals surface area contributed by atoms with Crippen molar-refractivity contribution in [2.24, 2.45) is 5.92 Å². The maximum atomic E-state index is 12.7. The molecule has 1 amide bonds. The summed E-state index contributed by atoms with van der Waals surface area (Å²) in [7, 11) is 2.16. The molecule has 1 aliphatic carbocycles. The van der Waals surface area contributed by atoms with Gasteiger partial charge in [-0.2, -0.15) is 0 Å². The molecule has 3 aromatic rings. The lowest BCUT2D eigenvalue weighted by atomic mass is 9.89.